The van der Waals surface area contributed by atoms with Crippen molar-refractivity contribution < 1.29 is 0 Å². The van der Waals surface area contributed by atoms with E-state index in [4.69, 9.17) is 0 Å². The Balaban J connectivity index is 2.56. The van der Waals surface area contributed by atoms with Crippen LogP contribution in [-0.4, -0.2) is 5.71 Å². The van der Waals surface area contributed by atoms with Crippen LogP contribution >= 0.6 is 11.9 Å². The van der Waals surface area contributed by atoms with Gasteiger partial charge >= 0.3 is 0 Å². The Morgan fingerprint density at radius 2 is 2.18 bits per heavy atom. The van der Waals surface area contributed by atoms with Gasteiger partial charge in [0.1, 0.15) is 0 Å². The Kier molecular flexibility index (Phi) is 1.57. The van der Waals surface area contributed by atoms with E-state index in [9.17, 15) is 0 Å². The molecule has 0 atom stereocenters. The van der Waals surface area contributed by atoms with Gasteiger partial charge in [-0.3, -0.25) is 0 Å². The molecule has 0 unspecified atom stereocenters. The standard InChI is InChI=1S/C9H7NS/c1-7-8-4-2-3-5-9(6-8)11-10-7/h2-5H,1H3. The van der Waals surface area contributed by atoms with E-state index in [0.29, 0.717) is 0 Å². The molecule has 0 aromatic carbocycles. The predicted octanol–water partition coefficient (Wildman–Crippen LogP) is 2.64. The second-order valence-corrected chi connectivity index (χ2v) is 3.19. The summed E-state index contributed by atoms with van der Waals surface area (Å²) in [5.74, 6) is 0. The van der Waals surface area contributed by atoms with Crippen molar-refractivity contribution in [3.8, 4) is 0 Å². The van der Waals surface area contributed by atoms with E-state index in [0.717, 1.165) is 16.2 Å². The minimum Gasteiger partial charge on any atom is -0.214 e. The van der Waals surface area contributed by atoms with Crippen molar-refractivity contribution >= 4 is 17.7 Å². The smallest absolute Gasteiger partial charge is 0.0730 e. The van der Waals surface area contributed by atoms with E-state index >= 15 is 0 Å². The van der Waals surface area contributed by atoms with E-state index in [2.05, 4.69) is 10.1 Å². The van der Waals surface area contributed by atoms with E-state index in [1.165, 1.54) is 11.9 Å². The first-order valence-corrected chi connectivity index (χ1v) is 4.21. The first-order valence-electron chi connectivity index (χ1n) is 3.44. The largest absolute Gasteiger partial charge is 0.214 e. The quantitative estimate of drug-likeness (QED) is 0.393. The summed E-state index contributed by atoms with van der Waals surface area (Å²) in [6.45, 7) is 2.00. The number of hydrogen-bond acceptors (Lipinski definition) is 2. The van der Waals surface area contributed by atoms with Crippen molar-refractivity contribution in [3.05, 3.63) is 40.5 Å². The van der Waals surface area contributed by atoms with Crippen LogP contribution in [0.4, 0.5) is 0 Å². The molecule has 0 aromatic rings. The number of allylic oxidation sites excluding steroid dienone is 4. The van der Waals surface area contributed by atoms with Crippen LogP contribution in [0.25, 0.3) is 0 Å². The topological polar surface area (TPSA) is 12.4 Å². The van der Waals surface area contributed by atoms with Gasteiger partial charge in [-0.05, 0) is 19.1 Å². The van der Waals surface area contributed by atoms with Crippen LogP contribution in [0.1, 0.15) is 6.92 Å². The third kappa shape index (κ3) is 1.23. The van der Waals surface area contributed by atoms with Crippen molar-refractivity contribution in [1.82, 2.24) is 0 Å². The van der Waals surface area contributed by atoms with E-state index in [1.807, 2.05) is 31.2 Å². The van der Waals surface area contributed by atoms with Gasteiger partial charge in [-0.15, -0.1) is 0 Å². The van der Waals surface area contributed by atoms with E-state index in [-0.39, 0.29) is 0 Å². The molecule has 0 N–H and O–H groups in total. The van der Waals surface area contributed by atoms with Gasteiger partial charge in [-0.25, -0.2) is 4.40 Å². The van der Waals surface area contributed by atoms with Crippen LogP contribution in [0.2, 0.25) is 0 Å². The molecule has 54 valence electrons. The summed E-state index contributed by atoms with van der Waals surface area (Å²) in [6, 6.07) is 0. The summed E-state index contributed by atoms with van der Waals surface area (Å²) in [5.41, 5.74) is 5.41. The van der Waals surface area contributed by atoms with Crippen LogP contribution in [-0.2, 0) is 0 Å². The summed E-state index contributed by atoms with van der Waals surface area (Å²) in [7, 11) is 0. The van der Waals surface area contributed by atoms with Crippen LogP contribution in [0.5, 0.6) is 0 Å². The van der Waals surface area contributed by atoms with Gasteiger partial charge in [-0.1, -0.05) is 17.9 Å². The molecule has 0 saturated heterocycles. The molecule has 2 bridgehead atoms. The van der Waals surface area contributed by atoms with Gasteiger partial charge in [-0.2, -0.15) is 0 Å². The Bertz CT molecular complexity index is 339. The van der Waals surface area contributed by atoms with E-state index < -0.39 is 0 Å². The molecule has 1 aliphatic carbocycles. The van der Waals surface area contributed by atoms with Crippen molar-refractivity contribution in [3.63, 3.8) is 0 Å². The molecule has 11 heavy (non-hydrogen) atoms. The second-order valence-electron chi connectivity index (χ2n) is 2.39. The zero-order valence-corrected chi connectivity index (χ0v) is 6.98. The maximum atomic E-state index is 4.27. The Hall–Kier alpha value is -0.980. The highest BCUT2D eigenvalue weighted by Gasteiger charge is 2.05. The Morgan fingerprint density at radius 3 is 3.09 bits per heavy atom. The molecule has 1 heterocycles. The molecule has 2 heteroatoms. The average molecular weight is 161 g/mol. The lowest BCUT2D eigenvalue weighted by Gasteiger charge is -2.02. The molecule has 0 aromatic heterocycles. The summed E-state index contributed by atoms with van der Waals surface area (Å²) < 4.78 is 4.27. The van der Waals surface area contributed by atoms with Gasteiger partial charge in [0.25, 0.3) is 0 Å². The molecule has 2 rings (SSSR count). The van der Waals surface area contributed by atoms with Crippen LogP contribution in [0.3, 0.4) is 0 Å². The highest BCUT2D eigenvalue weighted by Crippen LogP contribution is 2.25. The van der Waals surface area contributed by atoms with Crippen LogP contribution < -0.4 is 0 Å². The summed E-state index contributed by atoms with van der Waals surface area (Å²) in [4.78, 5) is 1.09. The Labute approximate surface area is 70.0 Å². The highest BCUT2D eigenvalue weighted by molar-refractivity contribution is 8.02. The Morgan fingerprint density at radius 1 is 1.36 bits per heavy atom. The number of rotatable bonds is 0. The first-order chi connectivity index (χ1) is 5.36. The minimum atomic E-state index is 1.05. The van der Waals surface area contributed by atoms with Crippen molar-refractivity contribution in [2.45, 2.75) is 6.92 Å². The lowest BCUT2D eigenvalue weighted by Crippen LogP contribution is -1.94. The van der Waals surface area contributed by atoms with Gasteiger partial charge in [0.15, 0.2) is 0 Å². The van der Waals surface area contributed by atoms with Crippen molar-refractivity contribution in [2.75, 3.05) is 0 Å². The molecule has 0 fully saturated rings. The van der Waals surface area contributed by atoms with Gasteiger partial charge in [0.2, 0.25) is 0 Å². The molecule has 0 spiro atoms. The molecule has 1 aliphatic heterocycles. The fourth-order valence-electron chi connectivity index (χ4n) is 0.942. The average Bonchev–Trinajstić information content (AvgIpc) is 2.21. The monoisotopic (exact) mass is 161 g/mol. The first kappa shape index (κ1) is 6.71. The number of nitrogens with zero attached hydrogens (tertiary/aromatic N) is 1. The van der Waals surface area contributed by atoms with Crippen molar-refractivity contribution in [2.24, 2.45) is 4.40 Å². The third-order valence-corrected chi connectivity index (χ3v) is 2.35. The summed E-state index contributed by atoms with van der Waals surface area (Å²) >= 11 is 1.49. The molecule has 1 nitrogen and oxygen atoms in total. The number of hydrogen-bond donors (Lipinski definition) is 0. The SMILES string of the molecule is CC1=NSC2=C=C1C=CC=C2. The van der Waals surface area contributed by atoms with Crippen LogP contribution in [0.15, 0.2) is 44.9 Å². The summed E-state index contributed by atoms with van der Waals surface area (Å²) in [5, 5.41) is 0. The maximum absolute atomic E-state index is 4.27. The fraction of sp³-hybridized carbons (Fsp3) is 0.111. The predicted molar refractivity (Wildman–Crippen MR) is 49.5 cm³/mol. The van der Waals surface area contributed by atoms with Crippen LogP contribution in [0, 0.1) is 0 Å². The second kappa shape index (κ2) is 2.57. The van der Waals surface area contributed by atoms with Crippen molar-refractivity contribution in [1.29, 1.82) is 0 Å². The molecule has 2 aliphatic rings. The third-order valence-electron chi connectivity index (χ3n) is 1.55. The molecule has 0 radical (unpaired) electrons. The molecule has 0 saturated carbocycles. The molecular weight excluding hydrogens is 154 g/mol. The highest BCUT2D eigenvalue weighted by atomic mass is 32.2. The lowest BCUT2D eigenvalue weighted by atomic mass is 10.2. The van der Waals surface area contributed by atoms with E-state index in [1.54, 1.807) is 0 Å². The van der Waals surface area contributed by atoms with Gasteiger partial charge in [0.05, 0.1) is 10.6 Å². The zero-order valence-electron chi connectivity index (χ0n) is 6.16. The maximum Gasteiger partial charge on any atom is 0.0730 e. The molecule has 0 amide bonds. The fourth-order valence-corrected chi connectivity index (χ4v) is 1.57. The zero-order chi connectivity index (χ0) is 7.68. The lowest BCUT2D eigenvalue weighted by molar-refractivity contribution is 1.66. The molecular formula is C9H7NS. The summed E-state index contributed by atoms with van der Waals surface area (Å²) in [6.07, 6.45) is 8.07. The van der Waals surface area contributed by atoms with Gasteiger partial charge in [0, 0.05) is 17.5 Å². The minimum absolute atomic E-state index is 1.05. The van der Waals surface area contributed by atoms with Gasteiger partial charge < -0.3 is 0 Å². The normalized spacial score (nSPS) is 20.3.